The van der Waals surface area contributed by atoms with Crippen molar-refractivity contribution >= 4 is 59.3 Å². The van der Waals surface area contributed by atoms with Gasteiger partial charge in [0.25, 0.3) is 0 Å². The second kappa shape index (κ2) is 11.6. The molecule has 0 unspecified atom stereocenters. The summed E-state index contributed by atoms with van der Waals surface area (Å²) in [6.07, 6.45) is 0. The van der Waals surface area contributed by atoms with Gasteiger partial charge in [-0.3, -0.25) is 0 Å². The maximum absolute atomic E-state index is 2.45. The second-order valence-electron chi connectivity index (χ2n) is 14.1. The number of hydrogen-bond donors (Lipinski definition) is 0. The van der Waals surface area contributed by atoms with E-state index in [4.69, 9.17) is 0 Å². The van der Waals surface area contributed by atoms with Crippen molar-refractivity contribution in [2.24, 2.45) is 0 Å². The first-order valence-electron chi connectivity index (χ1n) is 17.7. The van der Waals surface area contributed by atoms with Gasteiger partial charge in [0.2, 0.25) is 0 Å². The lowest BCUT2D eigenvalue weighted by Crippen LogP contribution is -2.16. The molecule has 1 nitrogen and oxygen atoms in total. The van der Waals surface area contributed by atoms with Crippen molar-refractivity contribution in [3.8, 4) is 33.4 Å². The van der Waals surface area contributed by atoms with Gasteiger partial charge in [0.05, 0.1) is 5.69 Å². The predicted molar refractivity (Wildman–Crippen MR) is 220 cm³/mol. The fraction of sp³-hybridized carbons (Fsp3) is 0.0612. The summed E-state index contributed by atoms with van der Waals surface area (Å²) in [5.41, 5.74) is 13.6. The molecule has 0 spiro atoms. The zero-order valence-corrected chi connectivity index (χ0v) is 29.4. The Morgan fingerprint density at radius 3 is 2.00 bits per heavy atom. The number of rotatable bonds is 5. The molecule has 10 rings (SSSR count). The maximum atomic E-state index is 2.45. The van der Waals surface area contributed by atoms with Crippen molar-refractivity contribution in [3.63, 3.8) is 0 Å². The number of thiophene rings is 1. The molecule has 51 heavy (non-hydrogen) atoms. The highest BCUT2D eigenvalue weighted by Gasteiger charge is 2.37. The molecule has 0 radical (unpaired) electrons. The zero-order valence-electron chi connectivity index (χ0n) is 28.6. The number of fused-ring (bicyclic) bond motifs is 8. The van der Waals surface area contributed by atoms with Crippen LogP contribution in [0.2, 0.25) is 0 Å². The van der Waals surface area contributed by atoms with Crippen LogP contribution in [0.1, 0.15) is 25.0 Å². The van der Waals surface area contributed by atoms with E-state index in [1.807, 2.05) is 11.3 Å². The Balaban J connectivity index is 1.13. The Hall–Kier alpha value is -5.96. The summed E-state index contributed by atoms with van der Waals surface area (Å²) in [5, 5.41) is 5.27. The van der Waals surface area contributed by atoms with Crippen LogP contribution in [-0.4, -0.2) is 0 Å². The molecule has 242 valence electrons. The molecule has 0 saturated carbocycles. The van der Waals surface area contributed by atoms with E-state index < -0.39 is 0 Å². The zero-order chi connectivity index (χ0) is 34.1. The summed E-state index contributed by atoms with van der Waals surface area (Å²) in [6.45, 7) is 4.71. The topological polar surface area (TPSA) is 3.24 Å². The van der Waals surface area contributed by atoms with Crippen molar-refractivity contribution in [1.82, 2.24) is 0 Å². The summed E-state index contributed by atoms with van der Waals surface area (Å²) in [6, 6.07) is 64.8. The van der Waals surface area contributed by atoms with Crippen molar-refractivity contribution in [3.05, 3.63) is 187 Å². The highest BCUT2D eigenvalue weighted by molar-refractivity contribution is 7.26. The summed E-state index contributed by atoms with van der Waals surface area (Å²) >= 11 is 1.89. The Bertz CT molecular complexity index is 2770. The minimum Gasteiger partial charge on any atom is -0.310 e. The molecule has 1 aromatic heterocycles. The largest absolute Gasteiger partial charge is 0.310 e. The summed E-state index contributed by atoms with van der Waals surface area (Å²) in [5.74, 6) is 0. The monoisotopic (exact) mass is 669 g/mol. The Kier molecular flexibility index (Phi) is 6.78. The third-order valence-corrected chi connectivity index (χ3v) is 12.1. The van der Waals surface area contributed by atoms with E-state index in [1.54, 1.807) is 0 Å². The lowest BCUT2D eigenvalue weighted by atomic mass is 9.82. The fourth-order valence-electron chi connectivity index (χ4n) is 8.29. The summed E-state index contributed by atoms with van der Waals surface area (Å²) in [7, 11) is 0. The van der Waals surface area contributed by atoms with E-state index in [9.17, 15) is 0 Å². The number of benzene rings is 8. The summed E-state index contributed by atoms with van der Waals surface area (Å²) < 4.78 is 2.70. The van der Waals surface area contributed by atoms with Gasteiger partial charge in [0.15, 0.2) is 0 Å². The van der Waals surface area contributed by atoms with E-state index in [2.05, 4.69) is 195 Å². The Morgan fingerprint density at radius 2 is 1.12 bits per heavy atom. The number of hydrogen-bond acceptors (Lipinski definition) is 2. The average Bonchev–Trinajstić information content (AvgIpc) is 3.68. The van der Waals surface area contributed by atoms with E-state index in [0.29, 0.717) is 0 Å². The molecule has 2 heteroatoms. The molecule has 0 atom stereocenters. The smallest absolute Gasteiger partial charge is 0.0543 e. The van der Waals surface area contributed by atoms with Gasteiger partial charge in [-0.1, -0.05) is 147 Å². The van der Waals surface area contributed by atoms with Crippen LogP contribution in [0.3, 0.4) is 0 Å². The number of nitrogens with zero attached hydrogens (tertiary/aromatic N) is 1. The quantitative estimate of drug-likeness (QED) is 0.176. The van der Waals surface area contributed by atoms with Crippen LogP contribution in [0.25, 0.3) is 64.3 Å². The van der Waals surface area contributed by atoms with Gasteiger partial charge in [-0.25, -0.2) is 0 Å². The van der Waals surface area contributed by atoms with Gasteiger partial charge >= 0.3 is 0 Å². The molecule has 1 aliphatic carbocycles. The number of anilines is 3. The van der Waals surface area contributed by atoms with Crippen LogP contribution in [0.5, 0.6) is 0 Å². The first-order valence-corrected chi connectivity index (χ1v) is 18.5. The van der Waals surface area contributed by atoms with Gasteiger partial charge in [-0.2, -0.15) is 0 Å². The van der Waals surface area contributed by atoms with Crippen molar-refractivity contribution in [2.75, 3.05) is 4.90 Å². The summed E-state index contributed by atoms with van der Waals surface area (Å²) in [4.78, 5) is 2.45. The minimum atomic E-state index is -0.0841. The van der Waals surface area contributed by atoms with Crippen LogP contribution in [0, 0.1) is 0 Å². The minimum absolute atomic E-state index is 0.0841. The first kappa shape index (κ1) is 29.9. The Labute approximate surface area is 302 Å². The highest BCUT2D eigenvalue weighted by atomic mass is 32.1. The molecule has 8 aromatic carbocycles. The van der Waals surface area contributed by atoms with Crippen LogP contribution in [-0.2, 0) is 5.41 Å². The normalized spacial score (nSPS) is 13.1. The lowest BCUT2D eigenvalue weighted by molar-refractivity contribution is 0.660. The van der Waals surface area contributed by atoms with Crippen molar-refractivity contribution < 1.29 is 0 Å². The lowest BCUT2D eigenvalue weighted by Gasteiger charge is -2.29. The van der Waals surface area contributed by atoms with E-state index in [1.165, 1.54) is 81.1 Å². The van der Waals surface area contributed by atoms with Crippen LogP contribution >= 0.6 is 11.3 Å². The van der Waals surface area contributed by atoms with Gasteiger partial charge in [0.1, 0.15) is 0 Å². The maximum Gasteiger partial charge on any atom is 0.0543 e. The average molecular weight is 670 g/mol. The molecule has 0 N–H and O–H groups in total. The SMILES string of the molecule is CC1(C)c2ccccc2-c2c(N(c3ccc(-c4ccc5ccc6c7ccccc7sc6c5c4)cc3)c3cccc(-c4ccccc4)c3)cccc21. The predicted octanol–water partition coefficient (Wildman–Crippen LogP) is 14.3. The molecule has 0 saturated heterocycles. The molecule has 0 aliphatic heterocycles. The van der Waals surface area contributed by atoms with Gasteiger partial charge in [-0.05, 0) is 86.8 Å². The van der Waals surface area contributed by atoms with Crippen LogP contribution in [0.15, 0.2) is 176 Å². The molecule has 0 bridgehead atoms. The molecular formula is C49H35NS. The van der Waals surface area contributed by atoms with Gasteiger partial charge in [-0.15, -0.1) is 11.3 Å². The van der Waals surface area contributed by atoms with Gasteiger partial charge < -0.3 is 4.90 Å². The van der Waals surface area contributed by atoms with Crippen LogP contribution in [0.4, 0.5) is 17.1 Å². The highest BCUT2D eigenvalue weighted by Crippen LogP contribution is 2.54. The Morgan fingerprint density at radius 1 is 0.451 bits per heavy atom. The van der Waals surface area contributed by atoms with Crippen molar-refractivity contribution in [2.45, 2.75) is 19.3 Å². The fourth-order valence-corrected chi connectivity index (χ4v) is 9.52. The first-order chi connectivity index (χ1) is 25.0. The van der Waals surface area contributed by atoms with E-state index in [-0.39, 0.29) is 5.41 Å². The van der Waals surface area contributed by atoms with E-state index in [0.717, 1.165) is 11.4 Å². The molecular weight excluding hydrogens is 635 g/mol. The van der Waals surface area contributed by atoms with E-state index >= 15 is 0 Å². The molecule has 9 aromatic rings. The molecule has 0 fully saturated rings. The third-order valence-electron chi connectivity index (χ3n) is 10.9. The van der Waals surface area contributed by atoms with Crippen molar-refractivity contribution in [1.29, 1.82) is 0 Å². The third kappa shape index (κ3) is 4.75. The van der Waals surface area contributed by atoms with Crippen LogP contribution < -0.4 is 4.90 Å². The molecule has 1 heterocycles. The second-order valence-corrected chi connectivity index (χ2v) is 15.2. The van der Waals surface area contributed by atoms with Gasteiger partial charge in [0, 0.05) is 47.9 Å². The molecule has 0 amide bonds. The standard InChI is InChI=1S/C49H35NS/c1-49(2)43-18-8-6-17-41(43)47-44(49)19-11-20-45(47)50(38-15-10-14-35(30-38)32-12-4-3-5-13-32)37-27-24-33(25-28-37)36-23-22-34-26-29-40-39-16-7-9-21-46(39)51-48(40)42(34)31-36/h3-31H,1-2H3. The molecule has 1 aliphatic rings.